The Kier molecular flexibility index (Phi) is 3.72. The molecule has 0 bridgehead atoms. The van der Waals surface area contributed by atoms with Crippen molar-refractivity contribution in [3.05, 3.63) is 53.0 Å². The van der Waals surface area contributed by atoms with Crippen molar-refractivity contribution in [2.24, 2.45) is 5.73 Å². The molecule has 0 aliphatic rings. The quantitative estimate of drug-likeness (QED) is 0.899. The van der Waals surface area contributed by atoms with Crippen LogP contribution >= 0.6 is 0 Å². The molecule has 96 valence electrons. The largest absolute Gasteiger partial charge is 0.465 e. The Morgan fingerprint density at radius 3 is 2.39 bits per heavy atom. The molecule has 18 heavy (non-hydrogen) atoms. The van der Waals surface area contributed by atoms with Crippen LogP contribution in [0.25, 0.3) is 0 Å². The van der Waals surface area contributed by atoms with Crippen LogP contribution in [-0.2, 0) is 13.1 Å². The summed E-state index contributed by atoms with van der Waals surface area (Å²) in [5.74, 6) is 1.80. The molecular formula is C15H20N2O. The molecule has 0 aliphatic carbocycles. The lowest BCUT2D eigenvalue weighted by molar-refractivity contribution is 0.482. The average Bonchev–Trinajstić information content (AvgIpc) is 2.71. The molecule has 2 N–H and O–H groups in total. The Morgan fingerprint density at radius 1 is 1.17 bits per heavy atom. The van der Waals surface area contributed by atoms with Gasteiger partial charge in [0.05, 0.1) is 6.54 Å². The zero-order valence-electron chi connectivity index (χ0n) is 11.2. The van der Waals surface area contributed by atoms with Crippen LogP contribution in [0.4, 0.5) is 5.69 Å². The van der Waals surface area contributed by atoms with E-state index in [1.165, 1.54) is 16.8 Å². The van der Waals surface area contributed by atoms with Crippen molar-refractivity contribution < 1.29 is 4.42 Å². The van der Waals surface area contributed by atoms with Crippen LogP contribution in [-0.4, -0.2) is 7.05 Å². The highest BCUT2D eigenvalue weighted by atomic mass is 16.3. The summed E-state index contributed by atoms with van der Waals surface area (Å²) in [6.07, 6.45) is 0. The van der Waals surface area contributed by atoms with Gasteiger partial charge >= 0.3 is 0 Å². The molecule has 1 aromatic carbocycles. The van der Waals surface area contributed by atoms with Crippen molar-refractivity contribution in [2.75, 3.05) is 11.9 Å². The fourth-order valence-corrected chi connectivity index (χ4v) is 1.99. The van der Waals surface area contributed by atoms with Crippen molar-refractivity contribution in [1.82, 2.24) is 0 Å². The number of aryl methyl sites for hydroxylation is 2. The maximum absolute atomic E-state index is 5.58. The molecule has 2 aromatic rings. The minimum Gasteiger partial charge on any atom is -0.465 e. The summed E-state index contributed by atoms with van der Waals surface area (Å²) in [6.45, 7) is 5.36. The summed E-state index contributed by atoms with van der Waals surface area (Å²) in [4.78, 5) is 2.21. The van der Waals surface area contributed by atoms with E-state index >= 15 is 0 Å². The van der Waals surface area contributed by atoms with Crippen molar-refractivity contribution >= 4 is 5.69 Å². The second-order valence-electron chi connectivity index (χ2n) is 4.69. The first kappa shape index (κ1) is 12.7. The third-order valence-electron chi connectivity index (χ3n) is 3.16. The number of benzene rings is 1. The first-order chi connectivity index (χ1) is 8.60. The number of nitrogens with zero attached hydrogens (tertiary/aromatic N) is 1. The molecule has 0 aliphatic heterocycles. The third-order valence-corrected chi connectivity index (χ3v) is 3.16. The van der Waals surface area contributed by atoms with Crippen LogP contribution in [0.1, 0.15) is 22.6 Å². The molecule has 0 spiro atoms. The zero-order chi connectivity index (χ0) is 13.1. The van der Waals surface area contributed by atoms with Crippen LogP contribution in [0.5, 0.6) is 0 Å². The predicted molar refractivity (Wildman–Crippen MR) is 74.6 cm³/mol. The van der Waals surface area contributed by atoms with Gasteiger partial charge in [-0.05, 0) is 32.0 Å². The molecule has 0 saturated heterocycles. The third kappa shape index (κ3) is 2.74. The van der Waals surface area contributed by atoms with E-state index in [4.69, 9.17) is 10.2 Å². The number of rotatable bonds is 4. The molecule has 3 heteroatoms. The molecule has 0 saturated carbocycles. The summed E-state index contributed by atoms with van der Waals surface area (Å²) in [5.41, 5.74) is 9.26. The van der Waals surface area contributed by atoms with Gasteiger partial charge in [-0.25, -0.2) is 0 Å². The SMILES string of the molecule is Cc1ccc(N(C)Cc2cc(CN)oc2C)cc1. The number of nitrogens with two attached hydrogens (primary N) is 1. The van der Waals surface area contributed by atoms with Crippen LogP contribution < -0.4 is 10.6 Å². The van der Waals surface area contributed by atoms with Crippen molar-refractivity contribution in [3.8, 4) is 0 Å². The maximum atomic E-state index is 5.58. The minimum absolute atomic E-state index is 0.453. The minimum atomic E-state index is 0.453. The van der Waals surface area contributed by atoms with E-state index in [0.717, 1.165) is 18.1 Å². The Morgan fingerprint density at radius 2 is 1.83 bits per heavy atom. The Bertz CT molecular complexity index is 514. The first-order valence-corrected chi connectivity index (χ1v) is 6.16. The number of anilines is 1. The monoisotopic (exact) mass is 244 g/mol. The number of hydrogen-bond acceptors (Lipinski definition) is 3. The van der Waals surface area contributed by atoms with Gasteiger partial charge in [0.15, 0.2) is 0 Å². The average molecular weight is 244 g/mol. The van der Waals surface area contributed by atoms with E-state index in [1.54, 1.807) is 0 Å². The Labute approximate surface area is 108 Å². The van der Waals surface area contributed by atoms with E-state index in [0.29, 0.717) is 6.54 Å². The van der Waals surface area contributed by atoms with Crippen molar-refractivity contribution in [1.29, 1.82) is 0 Å². The Hall–Kier alpha value is -1.74. The molecule has 0 fully saturated rings. The van der Waals surface area contributed by atoms with Gasteiger partial charge in [0.25, 0.3) is 0 Å². The molecular weight excluding hydrogens is 224 g/mol. The van der Waals surface area contributed by atoms with Gasteiger partial charge in [0.1, 0.15) is 11.5 Å². The van der Waals surface area contributed by atoms with Crippen LogP contribution in [0.2, 0.25) is 0 Å². The molecule has 1 heterocycles. The van der Waals surface area contributed by atoms with Gasteiger partial charge in [-0.2, -0.15) is 0 Å². The van der Waals surface area contributed by atoms with Gasteiger partial charge in [-0.3, -0.25) is 0 Å². The molecule has 0 radical (unpaired) electrons. The van der Waals surface area contributed by atoms with Gasteiger partial charge in [-0.1, -0.05) is 17.7 Å². The van der Waals surface area contributed by atoms with E-state index in [-0.39, 0.29) is 0 Å². The summed E-state index contributed by atoms with van der Waals surface area (Å²) in [6, 6.07) is 10.6. The lowest BCUT2D eigenvalue weighted by Crippen LogP contribution is -2.16. The van der Waals surface area contributed by atoms with Gasteiger partial charge < -0.3 is 15.1 Å². The second-order valence-corrected chi connectivity index (χ2v) is 4.69. The summed E-state index contributed by atoms with van der Waals surface area (Å²) in [7, 11) is 2.08. The molecule has 0 amide bonds. The van der Waals surface area contributed by atoms with Gasteiger partial charge in [0.2, 0.25) is 0 Å². The topological polar surface area (TPSA) is 42.4 Å². The highest BCUT2D eigenvalue weighted by Gasteiger charge is 2.09. The first-order valence-electron chi connectivity index (χ1n) is 6.16. The summed E-state index contributed by atoms with van der Waals surface area (Å²) < 4.78 is 5.57. The molecule has 1 aromatic heterocycles. The van der Waals surface area contributed by atoms with Crippen LogP contribution in [0, 0.1) is 13.8 Å². The highest BCUT2D eigenvalue weighted by molar-refractivity contribution is 5.47. The second kappa shape index (κ2) is 5.27. The van der Waals surface area contributed by atoms with Crippen molar-refractivity contribution in [2.45, 2.75) is 26.9 Å². The number of furan rings is 1. The smallest absolute Gasteiger partial charge is 0.118 e. The Balaban J connectivity index is 2.13. The van der Waals surface area contributed by atoms with E-state index in [9.17, 15) is 0 Å². The van der Waals surface area contributed by atoms with E-state index in [2.05, 4.69) is 43.1 Å². The van der Waals surface area contributed by atoms with Gasteiger partial charge in [-0.15, -0.1) is 0 Å². The fourth-order valence-electron chi connectivity index (χ4n) is 1.99. The van der Waals surface area contributed by atoms with Crippen molar-refractivity contribution in [3.63, 3.8) is 0 Å². The fraction of sp³-hybridized carbons (Fsp3) is 0.333. The molecule has 3 nitrogen and oxygen atoms in total. The van der Waals surface area contributed by atoms with Crippen LogP contribution in [0.3, 0.4) is 0 Å². The predicted octanol–water partition coefficient (Wildman–Crippen LogP) is 2.99. The van der Waals surface area contributed by atoms with E-state index in [1.807, 2.05) is 13.0 Å². The normalized spacial score (nSPS) is 10.7. The zero-order valence-corrected chi connectivity index (χ0v) is 11.2. The highest BCUT2D eigenvalue weighted by Crippen LogP contribution is 2.20. The molecule has 2 rings (SSSR count). The van der Waals surface area contributed by atoms with Gasteiger partial charge in [0, 0.05) is 24.8 Å². The lowest BCUT2D eigenvalue weighted by atomic mass is 10.2. The van der Waals surface area contributed by atoms with E-state index < -0.39 is 0 Å². The lowest BCUT2D eigenvalue weighted by Gasteiger charge is -2.19. The number of hydrogen-bond donors (Lipinski definition) is 1. The maximum Gasteiger partial charge on any atom is 0.118 e. The summed E-state index contributed by atoms with van der Waals surface area (Å²) >= 11 is 0. The summed E-state index contributed by atoms with van der Waals surface area (Å²) in [5, 5.41) is 0. The van der Waals surface area contributed by atoms with Crippen LogP contribution in [0.15, 0.2) is 34.7 Å². The standard InChI is InChI=1S/C15H20N2O/c1-11-4-6-14(7-5-11)17(3)10-13-8-15(9-16)18-12(13)2/h4-8H,9-10,16H2,1-3H3. The molecule has 0 atom stereocenters. The molecule has 0 unspecified atom stereocenters.